The number of carbonyl (C=O) groups is 2. The molecule has 3 N–H and O–H groups in total. The molecule has 1 aliphatic rings. The molecular weight excluding hydrogens is 466 g/mol. The Morgan fingerprint density at radius 3 is 1.73 bits per heavy atom. The van der Waals surface area contributed by atoms with Crippen molar-refractivity contribution >= 4 is 11.9 Å². The minimum absolute atomic E-state index is 0.179. The van der Waals surface area contributed by atoms with Crippen molar-refractivity contribution in [2.24, 2.45) is 0 Å². The van der Waals surface area contributed by atoms with Crippen LogP contribution < -0.4 is 0 Å². The number of aromatic amines is 1. The largest absolute Gasteiger partial charge is 0.478 e. The Balaban J connectivity index is 1.66. The third-order valence-electron chi connectivity index (χ3n) is 7.12. The summed E-state index contributed by atoms with van der Waals surface area (Å²) in [6.45, 7) is 0. The summed E-state index contributed by atoms with van der Waals surface area (Å²) in [5.74, 6) is -2.55. The number of hydrogen-bond acceptors (Lipinski definition) is 3. The van der Waals surface area contributed by atoms with E-state index in [0.717, 1.165) is 22.4 Å². The van der Waals surface area contributed by atoms with Gasteiger partial charge >= 0.3 is 11.9 Å². The van der Waals surface area contributed by atoms with Gasteiger partial charge in [-0.05, 0) is 35.1 Å². The molecule has 0 aliphatic heterocycles. The summed E-state index contributed by atoms with van der Waals surface area (Å²) in [5.41, 5.74) is 4.23. The summed E-state index contributed by atoms with van der Waals surface area (Å²) < 4.78 is 1.94. The van der Waals surface area contributed by atoms with E-state index in [0.29, 0.717) is 29.7 Å². The first kappa shape index (κ1) is 22.5. The van der Waals surface area contributed by atoms with Crippen molar-refractivity contribution in [1.29, 1.82) is 0 Å². The maximum Gasteiger partial charge on any atom is 0.353 e. The van der Waals surface area contributed by atoms with Crippen LogP contribution in [0.5, 0.6) is 0 Å². The standard InChI is InChI=1S/C30H23N3O4/c34-28(35)25-22-16-17-24-23(26(22)31-27(25)29(36)37)18-33(32-24)30(19-10-4-1-5-11-19,20-12-6-2-7-13-20)21-14-8-3-9-15-21/h1-15,18,31H,16-17H2,(H,34,35)(H,36,37). The smallest absolute Gasteiger partial charge is 0.353 e. The fraction of sp³-hybridized carbons (Fsp3) is 0.100. The fourth-order valence-electron chi connectivity index (χ4n) is 5.57. The van der Waals surface area contributed by atoms with Gasteiger partial charge in [0.2, 0.25) is 0 Å². The van der Waals surface area contributed by atoms with Gasteiger partial charge in [-0.15, -0.1) is 0 Å². The summed E-state index contributed by atoms with van der Waals surface area (Å²) >= 11 is 0. The van der Waals surface area contributed by atoms with Crippen molar-refractivity contribution in [3.63, 3.8) is 0 Å². The summed E-state index contributed by atoms with van der Waals surface area (Å²) in [6, 6.07) is 30.4. The van der Waals surface area contributed by atoms with Crippen LogP contribution in [0.1, 0.15) is 48.8 Å². The number of nitrogens with one attached hydrogen (secondary N) is 1. The van der Waals surface area contributed by atoms with E-state index < -0.39 is 17.5 Å². The highest BCUT2D eigenvalue weighted by atomic mass is 16.4. The number of hydrogen-bond donors (Lipinski definition) is 3. The quantitative estimate of drug-likeness (QED) is 0.284. The molecule has 0 amide bonds. The number of fused-ring (bicyclic) bond motifs is 3. The van der Waals surface area contributed by atoms with Crippen molar-refractivity contribution in [1.82, 2.24) is 14.8 Å². The van der Waals surface area contributed by atoms with Crippen LogP contribution in [0.15, 0.2) is 97.2 Å². The van der Waals surface area contributed by atoms with Crippen LogP contribution in [-0.4, -0.2) is 36.9 Å². The lowest BCUT2D eigenvalue weighted by Gasteiger charge is -2.36. The minimum atomic E-state index is -1.30. The molecule has 2 aromatic heterocycles. The molecule has 2 heterocycles. The van der Waals surface area contributed by atoms with Crippen LogP contribution in [0.2, 0.25) is 0 Å². The summed E-state index contributed by atoms with van der Waals surface area (Å²) in [5, 5.41) is 24.5. The molecule has 0 radical (unpaired) electrons. The highest BCUT2D eigenvalue weighted by Gasteiger charge is 2.41. The Bertz CT molecular complexity index is 1520. The Morgan fingerprint density at radius 2 is 1.27 bits per heavy atom. The summed E-state index contributed by atoms with van der Waals surface area (Å²) in [4.78, 5) is 26.7. The van der Waals surface area contributed by atoms with Gasteiger partial charge < -0.3 is 15.2 Å². The zero-order valence-electron chi connectivity index (χ0n) is 19.8. The molecule has 7 heteroatoms. The number of benzene rings is 3. The van der Waals surface area contributed by atoms with Crippen molar-refractivity contribution in [2.45, 2.75) is 18.4 Å². The SMILES string of the molecule is O=C(O)c1[nH]c2c(c1C(=O)O)CCc1nn(C(c3ccccc3)(c3ccccc3)c3ccccc3)cc1-2. The van der Waals surface area contributed by atoms with E-state index in [1.165, 1.54) is 0 Å². The lowest BCUT2D eigenvalue weighted by atomic mass is 9.77. The molecule has 1 aliphatic carbocycles. The van der Waals surface area contributed by atoms with E-state index in [1.54, 1.807) is 0 Å². The highest BCUT2D eigenvalue weighted by Crippen LogP contribution is 2.43. The molecule has 0 atom stereocenters. The van der Waals surface area contributed by atoms with Gasteiger partial charge in [-0.1, -0.05) is 91.0 Å². The number of aromatic carboxylic acids is 2. The zero-order chi connectivity index (χ0) is 25.6. The third kappa shape index (κ3) is 3.39. The average molecular weight is 490 g/mol. The summed E-state index contributed by atoms with van der Waals surface area (Å²) in [7, 11) is 0. The van der Waals surface area contributed by atoms with Crippen molar-refractivity contribution in [3.8, 4) is 11.3 Å². The number of carboxylic acids is 2. The van der Waals surface area contributed by atoms with E-state index in [9.17, 15) is 19.8 Å². The molecule has 0 spiro atoms. The van der Waals surface area contributed by atoms with Gasteiger partial charge in [0.1, 0.15) is 11.2 Å². The van der Waals surface area contributed by atoms with Crippen LogP contribution in [0.25, 0.3) is 11.3 Å². The van der Waals surface area contributed by atoms with E-state index >= 15 is 0 Å². The lowest BCUT2D eigenvalue weighted by molar-refractivity contribution is 0.0647. The molecule has 0 unspecified atom stereocenters. The molecule has 182 valence electrons. The molecule has 37 heavy (non-hydrogen) atoms. The van der Waals surface area contributed by atoms with Crippen LogP contribution >= 0.6 is 0 Å². The molecule has 5 aromatic rings. The maximum atomic E-state index is 12.0. The topological polar surface area (TPSA) is 108 Å². The predicted octanol–water partition coefficient (Wildman–Crippen LogP) is 5.21. The van der Waals surface area contributed by atoms with E-state index in [1.807, 2.05) is 65.5 Å². The number of nitrogens with zero attached hydrogens (tertiary/aromatic N) is 2. The van der Waals surface area contributed by atoms with Crippen LogP contribution in [0.4, 0.5) is 0 Å². The zero-order valence-corrected chi connectivity index (χ0v) is 19.8. The average Bonchev–Trinajstić information content (AvgIpc) is 3.53. The van der Waals surface area contributed by atoms with Crippen LogP contribution in [0.3, 0.4) is 0 Å². The first-order chi connectivity index (χ1) is 18.0. The number of aromatic nitrogens is 3. The second-order valence-corrected chi connectivity index (χ2v) is 9.08. The number of rotatable bonds is 6. The summed E-state index contributed by atoms with van der Waals surface area (Å²) in [6.07, 6.45) is 2.80. The Hall–Kier alpha value is -4.91. The predicted molar refractivity (Wildman–Crippen MR) is 138 cm³/mol. The van der Waals surface area contributed by atoms with Crippen LogP contribution in [0, 0.1) is 0 Å². The van der Waals surface area contributed by atoms with Crippen molar-refractivity contribution < 1.29 is 19.8 Å². The molecule has 3 aromatic carbocycles. The number of H-pyrrole nitrogens is 1. The maximum absolute atomic E-state index is 12.0. The molecular formula is C30H23N3O4. The lowest BCUT2D eigenvalue weighted by Crippen LogP contribution is -2.38. The van der Waals surface area contributed by atoms with Gasteiger partial charge in [0, 0.05) is 11.8 Å². The van der Waals surface area contributed by atoms with Gasteiger partial charge in [-0.2, -0.15) is 5.10 Å². The fourth-order valence-corrected chi connectivity index (χ4v) is 5.57. The normalized spacial score (nSPS) is 12.5. The highest BCUT2D eigenvalue weighted by molar-refractivity contribution is 6.04. The first-order valence-corrected chi connectivity index (χ1v) is 12.0. The molecule has 7 nitrogen and oxygen atoms in total. The van der Waals surface area contributed by atoms with Gasteiger partial charge in [-0.3, -0.25) is 4.68 Å². The molecule has 0 saturated carbocycles. The van der Waals surface area contributed by atoms with E-state index in [4.69, 9.17) is 5.10 Å². The van der Waals surface area contributed by atoms with Gasteiger partial charge in [-0.25, -0.2) is 9.59 Å². The second kappa shape index (κ2) is 8.64. The molecule has 0 fully saturated rings. The minimum Gasteiger partial charge on any atom is -0.478 e. The van der Waals surface area contributed by atoms with Crippen LogP contribution in [-0.2, 0) is 18.4 Å². The van der Waals surface area contributed by atoms with Gasteiger partial charge in [0.05, 0.1) is 17.0 Å². The van der Waals surface area contributed by atoms with Crippen molar-refractivity contribution in [3.05, 3.63) is 136 Å². The molecule has 0 saturated heterocycles. The van der Waals surface area contributed by atoms with Gasteiger partial charge in [0.15, 0.2) is 0 Å². The van der Waals surface area contributed by atoms with Crippen molar-refractivity contribution in [2.75, 3.05) is 0 Å². The van der Waals surface area contributed by atoms with Gasteiger partial charge in [0.25, 0.3) is 0 Å². The first-order valence-electron chi connectivity index (χ1n) is 12.0. The van der Waals surface area contributed by atoms with E-state index in [-0.39, 0.29) is 11.3 Å². The monoisotopic (exact) mass is 489 g/mol. The molecule has 6 rings (SSSR count). The molecule has 0 bridgehead atoms. The Kier molecular flexibility index (Phi) is 5.26. The second-order valence-electron chi connectivity index (χ2n) is 9.08. The number of carboxylic acid groups (broad SMARTS) is 2. The Morgan fingerprint density at radius 1 is 0.757 bits per heavy atom. The van der Waals surface area contributed by atoms with E-state index in [2.05, 4.69) is 41.4 Å². The Labute approximate surface area is 212 Å². The third-order valence-corrected chi connectivity index (χ3v) is 7.12. The number of aryl methyl sites for hydroxylation is 1.